The molecule has 0 bridgehead atoms. The van der Waals surface area contributed by atoms with Gasteiger partial charge in [-0.2, -0.15) is 4.98 Å². The Morgan fingerprint density at radius 3 is 1.91 bits per heavy atom. The Balaban J connectivity index is 1.71. The number of nitrogens with one attached hydrogen (secondary N) is 1. The Morgan fingerprint density at radius 2 is 1.40 bits per heavy atom. The van der Waals surface area contributed by atoms with Crippen molar-refractivity contribution in [1.29, 1.82) is 0 Å². The van der Waals surface area contributed by atoms with Gasteiger partial charge in [0, 0.05) is 24.2 Å². The highest BCUT2D eigenvalue weighted by atomic mass is 31.2. The number of carbonyl (C=O) groups is 1. The first-order valence-corrected chi connectivity index (χ1v) is 20.2. The summed E-state index contributed by atoms with van der Waals surface area (Å²) in [6, 6.07) is 27.3. The van der Waals surface area contributed by atoms with Crippen molar-refractivity contribution in [3.05, 3.63) is 130 Å². The van der Waals surface area contributed by atoms with Crippen molar-refractivity contribution in [2.24, 2.45) is 5.92 Å². The van der Waals surface area contributed by atoms with E-state index in [2.05, 4.69) is 47.5 Å². The van der Waals surface area contributed by atoms with Crippen LogP contribution in [0, 0.1) is 12.5 Å². The zero-order chi connectivity index (χ0) is 41.4. The highest BCUT2D eigenvalue weighted by Gasteiger charge is 2.39. The van der Waals surface area contributed by atoms with Crippen LogP contribution >= 0.6 is 8.53 Å². The lowest BCUT2D eigenvalue weighted by molar-refractivity contribution is -0.118. The van der Waals surface area contributed by atoms with Crippen molar-refractivity contribution in [2.75, 3.05) is 52.5 Å². The summed E-state index contributed by atoms with van der Waals surface area (Å²) in [7, 11) is 1.68. The second-order valence-corrected chi connectivity index (χ2v) is 15.5. The molecule has 1 aromatic heterocycles. The molecule has 1 heterocycles. The predicted octanol–water partition coefficient (Wildman–Crippen LogP) is 7.55. The molecule has 0 radical (unpaired) electrons. The number of hydrogen-bond donors (Lipinski definition) is 1. The number of methoxy groups -OCH3 is 2. The summed E-state index contributed by atoms with van der Waals surface area (Å²) in [5, 5.41) is 2.67. The second-order valence-electron chi connectivity index (χ2n) is 14.1. The van der Waals surface area contributed by atoms with Gasteiger partial charge in [0.05, 0.1) is 40.6 Å². The minimum absolute atomic E-state index is 0.0643. The highest BCUT2D eigenvalue weighted by molar-refractivity contribution is 7.44. The summed E-state index contributed by atoms with van der Waals surface area (Å²) >= 11 is 0. The smallest absolute Gasteiger partial charge is 0.349 e. The van der Waals surface area contributed by atoms with Crippen molar-refractivity contribution in [2.45, 2.75) is 71.9 Å². The van der Waals surface area contributed by atoms with Crippen LogP contribution in [0.15, 0.2) is 95.9 Å². The third-order valence-corrected chi connectivity index (χ3v) is 11.1. The Kier molecular flexibility index (Phi) is 17.6. The predicted molar refractivity (Wildman–Crippen MR) is 222 cm³/mol. The molecule has 0 saturated carbocycles. The molecule has 3 aromatic carbocycles. The van der Waals surface area contributed by atoms with Crippen LogP contribution in [0.2, 0.25) is 0 Å². The van der Waals surface area contributed by atoms with Gasteiger partial charge < -0.3 is 38.2 Å². The summed E-state index contributed by atoms with van der Waals surface area (Å²) in [4.78, 5) is 32.7. The number of aromatic nitrogens is 2. The summed E-state index contributed by atoms with van der Waals surface area (Å²) < 4.78 is 41.1. The van der Waals surface area contributed by atoms with Crippen LogP contribution in [0.25, 0.3) is 4.85 Å². The summed E-state index contributed by atoms with van der Waals surface area (Å²) in [5.74, 6) is 1.11. The zero-order valence-corrected chi connectivity index (χ0v) is 35.1. The maximum Gasteiger partial charge on any atom is 0.349 e. The fraction of sp³-hybridized carbons (Fsp3) is 0.442. The molecule has 14 heteroatoms. The van der Waals surface area contributed by atoms with E-state index in [1.165, 1.54) is 4.57 Å². The van der Waals surface area contributed by atoms with Crippen molar-refractivity contribution >= 4 is 20.3 Å². The average Bonchev–Trinajstić information content (AvgIpc) is 3.21. The van der Waals surface area contributed by atoms with Gasteiger partial charge in [-0.15, -0.1) is 0 Å². The van der Waals surface area contributed by atoms with Gasteiger partial charge in [-0.25, -0.2) is 16.0 Å². The van der Waals surface area contributed by atoms with Crippen LogP contribution in [-0.2, 0) is 35.5 Å². The summed E-state index contributed by atoms with van der Waals surface area (Å²) in [6.45, 7) is 20.0. The lowest BCUT2D eigenvalue weighted by Gasteiger charge is -2.38. The number of benzene rings is 3. The minimum Gasteiger partial charge on any atom is -0.497 e. The molecular weight excluding hydrogens is 745 g/mol. The number of ether oxygens (including phenoxy) is 4. The molecule has 13 nitrogen and oxygen atoms in total. The first-order chi connectivity index (χ1) is 27.4. The average molecular weight is 802 g/mol. The molecule has 0 saturated heterocycles. The van der Waals surface area contributed by atoms with Gasteiger partial charge in [-0.3, -0.25) is 9.36 Å². The maximum atomic E-state index is 13.0. The van der Waals surface area contributed by atoms with E-state index in [1.54, 1.807) is 40.3 Å². The Bertz CT molecular complexity index is 1860. The molecule has 1 unspecified atom stereocenters. The van der Waals surface area contributed by atoms with Crippen LogP contribution in [-0.4, -0.2) is 85.5 Å². The van der Waals surface area contributed by atoms with Crippen molar-refractivity contribution in [3.8, 4) is 11.5 Å². The van der Waals surface area contributed by atoms with E-state index in [9.17, 15) is 9.59 Å². The SMILES string of the molecule is [C-]#[N+]CCOP(OC[C@@H](COC(c1ccccc1)(c1ccc(OC)cc1)c1ccc(OC)cc1)OCCn1ccc(NC(=O)C(C)C)nc1=O)N(C(C)C)C(C)C. The van der Waals surface area contributed by atoms with E-state index < -0.39 is 25.9 Å². The molecule has 0 spiro atoms. The molecule has 4 rings (SSSR count). The van der Waals surface area contributed by atoms with E-state index in [1.807, 2.05) is 78.9 Å². The van der Waals surface area contributed by atoms with Gasteiger partial charge in [0.1, 0.15) is 35.6 Å². The maximum absolute atomic E-state index is 13.0. The normalized spacial score (nSPS) is 12.8. The molecule has 0 aliphatic heterocycles. The van der Waals surface area contributed by atoms with E-state index in [-0.39, 0.29) is 69.2 Å². The fourth-order valence-electron chi connectivity index (χ4n) is 6.15. The lowest BCUT2D eigenvalue weighted by atomic mass is 9.80. The van der Waals surface area contributed by atoms with Crippen LogP contribution in [0.5, 0.6) is 11.5 Å². The lowest BCUT2D eigenvalue weighted by Crippen LogP contribution is -2.39. The van der Waals surface area contributed by atoms with Gasteiger partial charge in [-0.05, 0) is 74.7 Å². The number of hydrogen-bond acceptors (Lipinski definition) is 10. The van der Waals surface area contributed by atoms with Gasteiger partial charge >= 0.3 is 5.69 Å². The Hall–Kier alpha value is -4.67. The van der Waals surface area contributed by atoms with Gasteiger partial charge in [0.2, 0.25) is 12.5 Å². The standard InChI is InChI=1S/C43H56N5O8P/c1-31(2)41(49)45-40-23-25-47(42(50)46-40)26-28-53-39(30-56-57(55-27-24-44-7)48(32(3)4)33(5)6)29-54-43(34-13-11-10-12-14-34,35-15-19-37(51-8)20-16-35)36-17-21-38(52-9)22-18-36/h10-23,25,31-33,39H,24,26-30H2,1-6,8-9H3,(H,45,46,49,50)/t39-,57?/m1/s1. The van der Waals surface area contributed by atoms with Crippen LogP contribution in [0.1, 0.15) is 58.2 Å². The van der Waals surface area contributed by atoms with E-state index >= 15 is 0 Å². The molecule has 2 atom stereocenters. The Labute approximate surface area is 338 Å². The molecule has 0 aliphatic rings. The topological polar surface area (TPSA) is 127 Å². The molecule has 0 aliphatic carbocycles. The van der Waals surface area contributed by atoms with Crippen LogP contribution < -0.4 is 20.5 Å². The number of nitrogens with zero attached hydrogens (tertiary/aromatic N) is 4. The number of carbonyl (C=O) groups excluding carboxylic acids is 1. The van der Waals surface area contributed by atoms with Crippen LogP contribution in [0.4, 0.5) is 5.82 Å². The van der Waals surface area contributed by atoms with Crippen LogP contribution in [0.3, 0.4) is 0 Å². The third-order valence-electron chi connectivity index (χ3n) is 9.02. The zero-order valence-electron chi connectivity index (χ0n) is 34.2. The highest BCUT2D eigenvalue weighted by Crippen LogP contribution is 2.46. The van der Waals surface area contributed by atoms with Gasteiger partial charge in [-0.1, -0.05) is 68.4 Å². The fourth-order valence-corrected chi connectivity index (χ4v) is 7.78. The van der Waals surface area contributed by atoms with Gasteiger partial charge in [0.25, 0.3) is 8.53 Å². The molecule has 57 heavy (non-hydrogen) atoms. The monoisotopic (exact) mass is 801 g/mol. The molecule has 4 aromatic rings. The van der Waals surface area contributed by atoms with E-state index in [0.717, 1.165) is 16.7 Å². The molecule has 1 amide bonds. The molecular formula is C43H56N5O8P. The number of anilines is 1. The van der Waals surface area contributed by atoms with Crippen molar-refractivity contribution in [3.63, 3.8) is 0 Å². The van der Waals surface area contributed by atoms with E-state index in [4.69, 9.17) is 34.6 Å². The summed E-state index contributed by atoms with van der Waals surface area (Å²) in [5.41, 5.74) is 0.969. The van der Waals surface area contributed by atoms with Crippen molar-refractivity contribution < 1.29 is 32.8 Å². The molecule has 1 N–H and O–H groups in total. The molecule has 0 fully saturated rings. The number of rotatable bonds is 23. The van der Waals surface area contributed by atoms with E-state index in [0.29, 0.717) is 11.5 Å². The second kappa shape index (κ2) is 22.3. The first kappa shape index (κ1) is 45.0. The number of amides is 1. The van der Waals surface area contributed by atoms with Gasteiger partial charge in [0.15, 0.2) is 0 Å². The summed E-state index contributed by atoms with van der Waals surface area (Å²) in [6.07, 6.45) is 0.936. The molecule has 306 valence electrons. The first-order valence-electron chi connectivity index (χ1n) is 19.1. The Morgan fingerprint density at radius 1 is 0.825 bits per heavy atom. The minimum atomic E-state index is -1.58. The largest absolute Gasteiger partial charge is 0.497 e. The third kappa shape index (κ3) is 12.4. The quantitative estimate of drug-likeness (QED) is 0.0348. The van der Waals surface area contributed by atoms with Crippen molar-refractivity contribution in [1.82, 2.24) is 14.2 Å².